The Morgan fingerprint density at radius 3 is 2.50 bits per heavy atom. The summed E-state index contributed by atoms with van der Waals surface area (Å²) in [5.74, 6) is 0.0444. The number of ether oxygens (including phenoxy) is 1. The predicted octanol–water partition coefficient (Wildman–Crippen LogP) is 2.01. The number of hydrogen-bond donors (Lipinski definition) is 1. The van der Waals surface area contributed by atoms with Gasteiger partial charge in [-0.2, -0.15) is 18.2 Å². The van der Waals surface area contributed by atoms with E-state index in [1.165, 1.54) is 12.3 Å². The minimum absolute atomic E-state index is 0.0444. The Morgan fingerprint density at radius 2 is 1.85 bits per heavy atom. The summed E-state index contributed by atoms with van der Waals surface area (Å²) in [5, 5.41) is 0. The molecule has 2 rings (SSSR count). The van der Waals surface area contributed by atoms with Crippen molar-refractivity contribution in [2.75, 3.05) is 5.73 Å². The first-order valence-corrected chi connectivity index (χ1v) is 5.51. The van der Waals surface area contributed by atoms with Gasteiger partial charge in [0.05, 0.1) is 5.69 Å². The van der Waals surface area contributed by atoms with Crippen LogP contribution in [0, 0.1) is 0 Å². The number of nitrogens with zero attached hydrogens (tertiary/aromatic N) is 4. The number of nitrogens with two attached hydrogens (primary N) is 1. The number of nitrogen functional groups attached to an aromatic ring is 1. The van der Waals surface area contributed by atoms with Gasteiger partial charge in [0.25, 0.3) is 0 Å². The van der Waals surface area contributed by atoms with Gasteiger partial charge >= 0.3 is 12.2 Å². The lowest BCUT2D eigenvalue weighted by molar-refractivity contribution is -0.141. The molecule has 0 saturated heterocycles. The van der Waals surface area contributed by atoms with Crippen LogP contribution in [0.2, 0.25) is 0 Å². The third-order valence-electron chi connectivity index (χ3n) is 2.32. The van der Waals surface area contributed by atoms with E-state index in [-0.39, 0.29) is 12.0 Å². The number of rotatable bonds is 3. The fourth-order valence-corrected chi connectivity index (χ4v) is 1.39. The van der Waals surface area contributed by atoms with Gasteiger partial charge in [0, 0.05) is 12.4 Å². The smallest absolute Gasteiger partial charge is 0.433 e. The summed E-state index contributed by atoms with van der Waals surface area (Å²) in [6, 6.07) is 1.92. The molecule has 2 N–H and O–H groups in total. The molecule has 0 aliphatic carbocycles. The number of halogens is 3. The highest BCUT2D eigenvalue weighted by Gasteiger charge is 2.33. The van der Waals surface area contributed by atoms with Gasteiger partial charge in [0.1, 0.15) is 6.10 Å². The van der Waals surface area contributed by atoms with Gasteiger partial charge in [0.2, 0.25) is 5.95 Å². The second kappa shape index (κ2) is 5.27. The molecule has 2 aromatic heterocycles. The molecule has 0 bridgehead atoms. The summed E-state index contributed by atoms with van der Waals surface area (Å²) in [7, 11) is 0. The van der Waals surface area contributed by atoms with Crippen molar-refractivity contribution in [2.24, 2.45) is 0 Å². The molecule has 6 nitrogen and oxygen atoms in total. The molecule has 20 heavy (non-hydrogen) atoms. The lowest BCUT2D eigenvalue weighted by atomic mass is 10.3. The molecule has 9 heteroatoms. The van der Waals surface area contributed by atoms with Crippen LogP contribution < -0.4 is 10.5 Å². The summed E-state index contributed by atoms with van der Waals surface area (Å²) in [5.41, 5.74) is 4.76. The van der Waals surface area contributed by atoms with Gasteiger partial charge in [-0.25, -0.2) is 15.0 Å². The zero-order valence-corrected chi connectivity index (χ0v) is 10.3. The largest absolute Gasteiger partial charge is 0.454 e. The van der Waals surface area contributed by atoms with Crippen LogP contribution in [-0.2, 0) is 6.18 Å². The summed E-state index contributed by atoms with van der Waals surface area (Å²) < 4.78 is 42.7. The molecule has 0 amide bonds. The van der Waals surface area contributed by atoms with E-state index in [1.807, 2.05) is 0 Å². The summed E-state index contributed by atoms with van der Waals surface area (Å²) >= 11 is 0. The molecular weight excluding hydrogens is 275 g/mol. The fourth-order valence-electron chi connectivity index (χ4n) is 1.39. The van der Waals surface area contributed by atoms with Crippen molar-refractivity contribution in [1.29, 1.82) is 0 Å². The van der Waals surface area contributed by atoms with Gasteiger partial charge in [-0.3, -0.25) is 0 Å². The van der Waals surface area contributed by atoms with E-state index in [9.17, 15) is 13.2 Å². The highest BCUT2D eigenvalue weighted by Crippen LogP contribution is 2.28. The van der Waals surface area contributed by atoms with Crippen LogP contribution in [0.15, 0.2) is 24.5 Å². The standard InChI is InChI=1S/C11H10F3N5O/c1-6(7-2-4-16-9(15)18-7)20-10-17-5-3-8(19-10)11(12,13)14/h2-6H,1H3,(H2,15,16,18). The van der Waals surface area contributed by atoms with E-state index in [4.69, 9.17) is 10.5 Å². The molecule has 0 radical (unpaired) electrons. The number of anilines is 1. The normalized spacial score (nSPS) is 13.0. The first-order valence-electron chi connectivity index (χ1n) is 5.51. The Kier molecular flexibility index (Phi) is 3.68. The van der Waals surface area contributed by atoms with Crippen molar-refractivity contribution in [2.45, 2.75) is 19.2 Å². The Morgan fingerprint density at radius 1 is 1.15 bits per heavy atom. The van der Waals surface area contributed by atoms with Crippen molar-refractivity contribution >= 4 is 5.95 Å². The highest BCUT2D eigenvalue weighted by atomic mass is 19.4. The van der Waals surface area contributed by atoms with Gasteiger partial charge in [-0.05, 0) is 19.1 Å². The number of alkyl halides is 3. The molecule has 2 heterocycles. The zero-order chi connectivity index (χ0) is 14.8. The van der Waals surface area contributed by atoms with Crippen molar-refractivity contribution in [3.05, 3.63) is 35.9 Å². The van der Waals surface area contributed by atoms with Crippen LogP contribution in [0.4, 0.5) is 19.1 Å². The molecule has 1 atom stereocenters. The van der Waals surface area contributed by atoms with Gasteiger partial charge in [-0.1, -0.05) is 0 Å². The molecule has 0 aromatic carbocycles. The van der Waals surface area contributed by atoms with Crippen LogP contribution in [0.5, 0.6) is 6.01 Å². The van der Waals surface area contributed by atoms with E-state index >= 15 is 0 Å². The second-order valence-corrected chi connectivity index (χ2v) is 3.82. The molecule has 0 fully saturated rings. The third kappa shape index (κ3) is 3.31. The van der Waals surface area contributed by atoms with E-state index in [2.05, 4.69) is 19.9 Å². The van der Waals surface area contributed by atoms with Crippen LogP contribution >= 0.6 is 0 Å². The van der Waals surface area contributed by atoms with Gasteiger partial charge < -0.3 is 10.5 Å². The predicted molar refractivity (Wildman–Crippen MR) is 62.5 cm³/mol. The average molecular weight is 285 g/mol. The fraction of sp³-hybridized carbons (Fsp3) is 0.273. The van der Waals surface area contributed by atoms with E-state index < -0.39 is 18.0 Å². The van der Waals surface area contributed by atoms with E-state index in [0.717, 1.165) is 12.3 Å². The Labute approximate surface area is 111 Å². The van der Waals surface area contributed by atoms with Crippen LogP contribution in [-0.4, -0.2) is 19.9 Å². The summed E-state index contributed by atoms with van der Waals surface area (Å²) in [6.45, 7) is 1.59. The second-order valence-electron chi connectivity index (χ2n) is 3.82. The first-order chi connectivity index (χ1) is 9.36. The quantitative estimate of drug-likeness (QED) is 0.928. The average Bonchev–Trinajstić information content (AvgIpc) is 2.38. The van der Waals surface area contributed by atoms with Crippen molar-refractivity contribution in [3.63, 3.8) is 0 Å². The molecular formula is C11H10F3N5O. The topological polar surface area (TPSA) is 86.8 Å². The Hall–Kier alpha value is -2.45. The Bertz CT molecular complexity index is 605. The third-order valence-corrected chi connectivity index (χ3v) is 2.32. The molecule has 2 aromatic rings. The lowest BCUT2D eigenvalue weighted by Gasteiger charge is -2.13. The minimum Gasteiger partial charge on any atom is -0.454 e. The minimum atomic E-state index is -4.55. The van der Waals surface area contributed by atoms with E-state index in [1.54, 1.807) is 6.92 Å². The maximum atomic E-state index is 12.5. The van der Waals surface area contributed by atoms with Crippen LogP contribution in [0.3, 0.4) is 0 Å². The highest BCUT2D eigenvalue weighted by molar-refractivity contribution is 5.19. The molecule has 0 spiro atoms. The summed E-state index contributed by atoms with van der Waals surface area (Å²) in [6.07, 6.45) is -2.82. The Balaban J connectivity index is 2.18. The molecule has 1 unspecified atom stereocenters. The lowest BCUT2D eigenvalue weighted by Crippen LogP contribution is -2.12. The molecule has 0 aliphatic rings. The van der Waals surface area contributed by atoms with Gasteiger partial charge in [0.15, 0.2) is 5.69 Å². The maximum absolute atomic E-state index is 12.5. The van der Waals surface area contributed by atoms with Crippen molar-refractivity contribution < 1.29 is 17.9 Å². The maximum Gasteiger partial charge on any atom is 0.433 e. The summed E-state index contributed by atoms with van der Waals surface area (Å²) in [4.78, 5) is 14.5. The first kappa shape index (κ1) is 14.0. The monoisotopic (exact) mass is 285 g/mol. The number of hydrogen-bond acceptors (Lipinski definition) is 6. The molecule has 0 saturated carbocycles. The van der Waals surface area contributed by atoms with Crippen LogP contribution in [0.25, 0.3) is 0 Å². The van der Waals surface area contributed by atoms with Crippen molar-refractivity contribution in [1.82, 2.24) is 19.9 Å². The number of aromatic nitrogens is 4. The molecule has 106 valence electrons. The van der Waals surface area contributed by atoms with Crippen molar-refractivity contribution in [3.8, 4) is 6.01 Å². The van der Waals surface area contributed by atoms with Gasteiger partial charge in [-0.15, -0.1) is 0 Å². The van der Waals surface area contributed by atoms with E-state index in [0.29, 0.717) is 5.69 Å². The molecule has 0 aliphatic heterocycles. The zero-order valence-electron chi connectivity index (χ0n) is 10.3. The SMILES string of the molecule is CC(Oc1nccc(C(F)(F)F)n1)c1ccnc(N)n1. The van der Waals surface area contributed by atoms with Crippen LogP contribution in [0.1, 0.15) is 24.4 Å².